The second-order valence-corrected chi connectivity index (χ2v) is 3.52. The summed E-state index contributed by atoms with van der Waals surface area (Å²) < 4.78 is 0. The number of carbonyl (C=O) groups is 2. The van der Waals surface area contributed by atoms with Gasteiger partial charge in [-0.05, 0) is 13.5 Å². The Bertz CT molecular complexity index is 230. The summed E-state index contributed by atoms with van der Waals surface area (Å²) in [5, 5.41) is 5.63. The highest BCUT2D eigenvalue weighted by Crippen LogP contribution is 2.08. The first-order valence-corrected chi connectivity index (χ1v) is 4.84. The van der Waals surface area contributed by atoms with E-state index < -0.39 is 0 Å². The molecular weight excluding hydrogens is 182 g/mol. The van der Waals surface area contributed by atoms with Crippen molar-refractivity contribution in [3.8, 4) is 0 Å². The van der Waals surface area contributed by atoms with Gasteiger partial charge in [0, 0.05) is 26.6 Å². The highest BCUT2D eigenvalue weighted by molar-refractivity contribution is 5.90. The van der Waals surface area contributed by atoms with Crippen LogP contribution in [-0.4, -0.2) is 49.9 Å². The van der Waals surface area contributed by atoms with Crippen molar-refractivity contribution in [2.45, 2.75) is 18.9 Å². The summed E-state index contributed by atoms with van der Waals surface area (Å²) >= 11 is 0. The molecule has 2 amide bonds. The molecule has 1 atom stereocenters. The van der Waals surface area contributed by atoms with Crippen LogP contribution >= 0.6 is 0 Å². The van der Waals surface area contributed by atoms with Gasteiger partial charge in [-0.2, -0.15) is 0 Å². The maximum Gasteiger partial charge on any atom is 0.244 e. The topological polar surface area (TPSA) is 61.4 Å². The van der Waals surface area contributed by atoms with Crippen molar-refractivity contribution in [3.05, 3.63) is 0 Å². The molecule has 1 fully saturated rings. The monoisotopic (exact) mass is 199 g/mol. The van der Waals surface area contributed by atoms with Crippen LogP contribution in [0.2, 0.25) is 0 Å². The molecule has 1 heterocycles. The zero-order valence-electron chi connectivity index (χ0n) is 8.67. The van der Waals surface area contributed by atoms with Gasteiger partial charge in [-0.25, -0.2) is 0 Å². The molecule has 0 bridgehead atoms. The Balaban J connectivity index is 2.36. The van der Waals surface area contributed by atoms with E-state index in [-0.39, 0.29) is 17.9 Å². The van der Waals surface area contributed by atoms with Gasteiger partial charge in [0.2, 0.25) is 11.8 Å². The van der Waals surface area contributed by atoms with Gasteiger partial charge in [0.15, 0.2) is 0 Å². The quantitative estimate of drug-likeness (QED) is 0.607. The lowest BCUT2D eigenvalue weighted by molar-refractivity contribution is -0.133. The molecule has 0 aromatic rings. The predicted octanol–water partition coefficient (Wildman–Crippen LogP) is -1.06. The van der Waals surface area contributed by atoms with E-state index in [0.29, 0.717) is 19.4 Å². The van der Waals surface area contributed by atoms with E-state index in [1.807, 2.05) is 7.05 Å². The summed E-state index contributed by atoms with van der Waals surface area (Å²) in [5.74, 6) is -0.0172. The zero-order valence-corrected chi connectivity index (χ0v) is 8.67. The van der Waals surface area contributed by atoms with Gasteiger partial charge in [0.1, 0.15) is 6.04 Å². The SMILES string of the molecule is CNCCN(C)C(=O)[C@H]1CCC(=O)N1. The van der Waals surface area contributed by atoms with E-state index in [2.05, 4.69) is 10.6 Å². The molecule has 2 N–H and O–H groups in total. The highest BCUT2D eigenvalue weighted by atomic mass is 16.2. The third-order valence-corrected chi connectivity index (χ3v) is 2.37. The molecule has 1 aliphatic heterocycles. The normalized spacial score (nSPS) is 20.7. The molecule has 5 nitrogen and oxygen atoms in total. The van der Waals surface area contributed by atoms with Crippen molar-refractivity contribution in [3.63, 3.8) is 0 Å². The van der Waals surface area contributed by atoms with Crippen LogP contribution < -0.4 is 10.6 Å². The van der Waals surface area contributed by atoms with Crippen LogP contribution in [-0.2, 0) is 9.59 Å². The standard InChI is InChI=1S/C9H17N3O2/c1-10-5-6-12(2)9(14)7-3-4-8(13)11-7/h7,10H,3-6H2,1-2H3,(H,11,13)/t7-/m1/s1. The molecule has 0 aromatic heterocycles. The van der Waals surface area contributed by atoms with Gasteiger partial charge in [-0.15, -0.1) is 0 Å². The van der Waals surface area contributed by atoms with Gasteiger partial charge in [-0.3, -0.25) is 9.59 Å². The van der Waals surface area contributed by atoms with Gasteiger partial charge in [0.05, 0.1) is 0 Å². The Kier molecular flexibility index (Phi) is 3.88. The van der Waals surface area contributed by atoms with Crippen molar-refractivity contribution in [2.24, 2.45) is 0 Å². The lowest BCUT2D eigenvalue weighted by atomic mass is 10.2. The number of hydrogen-bond donors (Lipinski definition) is 2. The van der Waals surface area contributed by atoms with Crippen LogP contribution in [0.15, 0.2) is 0 Å². The summed E-state index contributed by atoms with van der Waals surface area (Å²) in [5.41, 5.74) is 0. The molecule has 0 radical (unpaired) electrons. The maximum absolute atomic E-state index is 11.7. The van der Waals surface area contributed by atoms with E-state index in [4.69, 9.17) is 0 Å². The fourth-order valence-electron chi connectivity index (χ4n) is 1.46. The van der Waals surface area contributed by atoms with Crippen molar-refractivity contribution in [1.82, 2.24) is 15.5 Å². The molecule has 1 rings (SSSR count). The molecule has 1 aliphatic rings. The third kappa shape index (κ3) is 2.70. The Morgan fingerprint density at radius 2 is 2.43 bits per heavy atom. The maximum atomic E-state index is 11.7. The lowest BCUT2D eigenvalue weighted by Crippen LogP contribution is -2.44. The second kappa shape index (κ2) is 4.95. The fraction of sp³-hybridized carbons (Fsp3) is 0.778. The first kappa shape index (κ1) is 11.0. The number of carbonyl (C=O) groups excluding carboxylic acids is 2. The van der Waals surface area contributed by atoms with Crippen molar-refractivity contribution >= 4 is 11.8 Å². The summed E-state index contributed by atoms with van der Waals surface area (Å²) in [4.78, 5) is 24.2. The molecule has 0 saturated carbocycles. The van der Waals surface area contributed by atoms with Crippen LogP contribution in [0.1, 0.15) is 12.8 Å². The molecule has 0 aliphatic carbocycles. The number of nitrogens with one attached hydrogen (secondary N) is 2. The first-order chi connectivity index (χ1) is 6.65. The number of rotatable bonds is 4. The zero-order chi connectivity index (χ0) is 10.6. The first-order valence-electron chi connectivity index (χ1n) is 4.84. The second-order valence-electron chi connectivity index (χ2n) is 3.52. The number of hydrogen-bond acceptors (Lipinski definition) is 3. The average Bonchev–Trinajstić information content (AvgIpc) is 2.60. The Morgan fingerprint density at radius 3 is 2.93 bits per heavy atom. The summed E-state index contributed by atoms with van der Waals surface area (Å²) in [6, 6.07) is -0.302. The fourth-order valence-corrected chi connectivity index (χ4v) is 1.46. The Labute approximate surface area is 83.8 Å². The largest absolute Gasteiger partial charge is 0.344 e. The minimum Gasteiger partial charge on any atom is -0.344 e. The minimum absolute atomic E-state index is 0.00565. The molecule has 5 heteroatoms. The number of likely N-dealkylation sites (N-methyl/N-ethyl adjacent to an activating group) is 2. The minimum atomic E-state index is -0.302. The van der Waals surface area contributed by atoms with Crippen molar-refractivity contribution in [1.29, 1.82) is 0 Å². The molecule has 0 unspecified atom stereocenters. The van der Waals surface area contributed by atoms with E-state index >= 15 is 0 Å². The Morgan fingerprint density at radius 1 is 1.71 bits per heavy atom. The van der Waals surface area contributed by atoms with Crippen LogP contribution in [0.3, 0.4) is 0 Å². The summed E-state index contributed by atoms with van der Waals surface area (Å²) in [6.07, 6.45) is 1.10. The molecular formula is C9H17N3O2. The smallest absolute Gasteiger partial charge is 0.244 e. The van der Waals surface area contributed by atoms with E-state index in [0.717, 1.165) is 6.54 Å². The summed E-state index contributed by atoms with van der Waals surface area (Å²) in [6.45, 7) is 1.44. The van der Waals surface area contributed by atoms with Crippen molar-refractivity contribution < 1.29 is 9.59 Å². The molecule has 1 saturated heterocycles. The highest BCUT2D eigenvalue weighted by Gasteiger charge is 2.28. The van der Waals surface area contributed by atoms with Crippen LogP contribution in [0.25, 0.3) is 0 Å². The van der Waals surface area contributed by atoms with Gasteiger partial charge in [0.25, 0.3) is 0 Å². The number of nitrogens with zero attached hydrogens (tertiary/aromatic N) is 1. The van der Waals surface area contributed by atoms with Crippen LogP contribution in [0, 0.1) is 0 Å². The van der Waals surface area contributed by atoms with Gasteiger partial charge < -0.3 is 15.5 Å². The molecule has 0 spiro atoms. The average molecular weight is 199 g/mol. The Hall–Kier alpha value is -1.10. The van der Waals surface area contributed by atoms with E-state index in [9.17, 15) is 9.59 Å². The van der Waals surface area contributed by atoms with E-state index in [1.54, 1.807) is 11.9 Å². The summed E-state index contributed by atoms with van der Waals surface area (Å²) in [7, 11) is 3.60. The third-order valence-electron chi connectivity index (χ3n) is 2.37. The molecule has 14 heavy (non-hydrogen) atoms. The van der Waals surface area contributed by atoms with Gasteiger partial charge in [-0.1, -0.05) is 0 Å². The van der Waals surface area contributed by atoms with Crippen molar-refractivity contribution in [2.75, 3.05) is 27.2 Å². The molecule has 0 aromatic carbocycles. The van der Waals surface area contributed by atoms with Gasteiger partial charge >= 0.3 is 0 Å². The predicted molar refractivity (Wildman–Crippen MR) is 52.7 cm³/mol. The molecule has 80 valence electrons. The lowest BCUT2D eigenvalue weighted by Gasteiger charge is -2.20. The number of amides is 2. The van der Waals surface area contributed by atoms with E-state index in [1.165, 1.54) is 0 Å². The van der Waals surface area contributed by atoms with Crippen LogP contribution in [0.5, 0.6) is 0 Å². The van der Waals surface area contributed by atoms with Crippen LogP contribution in [0.4, 0.5) is 0 Å².